The van der Waals surface area contributed by atoms with E-state index in [-0.39, 0.29) is 18.0 Å². The minimum absolute atomic E-state index is 0.0306. The molecule has 3 rings (SSSR count). The Balaban J connectivity index is 1.65. The molecule has 17 heavy (non-hydrogen) atoms. The van der Waals surface area contributed by atoms with Crippen LogP contribution in [0.4, 0.5) is 0 Å². The van der Waals surface area contributed by atoms with Gasteiger partial charge >= 0.3 is 0 Å². The molecular weight excluding hydrogens is 252 g/mol. The highest BCUT2D eigenvalue weighted by molar-refractivity contribution is 8.25. The summed E-state index contributed by atoms with van der Waals surface area (Å²) in [6.07, 6.45) is 1.46. The predicted molar refractivity (Wildman–Crippen MR) is 72.1 cm³/mol. The van der Waals surface area contributed by atoms with Gasteiger partial charge in [-0.3, -0.25) is 4.79 Å². The van der Waals surface area contributed by atoms with Gasteiger partial charge in [0, 0.05) is 21.8 Å². The van der Waals surface area contributed by atoms with Gasteiger partial charge in [0.2, 0.25) is 0 Å². The Kier molecular flexibility index (Phi) is 3.27. The lowest BCUT2D eigenvalue weighted by Crippen LogP contribution is -2.03. The molecule has 0 N–H and O–H groups in total. The molecule has 0 bridgehead atoms. The first-order valence-corrected chi connectivity index (χ1v) is 7.53. The van der Waals surface area contributed by atoms with E-state index in [4.69, 9.17) is 4.74 Å². The Hall–Kier alpha value is -0.710. The zero-order chi connectivity index (χ0) is 11.7. The van der Waals surface area contributed by atoms with Crippen molar-refractivity contribution >= 4 is 29.3 Å². The van der Waals surface area contributed by atoms with Crippen LogP contribution in [-0.4, -0.2) is 23.4 Å². The summed E-state index contributed by atoms with van der Waals surface area (Å²) < 4.78 is 6.60. The highest BCUT2D eigenvalue weighted by atomic mass is 32.2. The number of thioether (sulfide) groups is 2. The Labute approximate surface area is 109 Å². The summed E-state index contributed by atoms with van der Waals surface area (Å²) in [7, 11) is 0. The number of hydrogen-bond donors (Lipinski definition) is 0. The zero-order valence-electron chi connectivity index (χ0n) is 9.17. The third-order valence-electron chi connectivity index (χ3n) is 2.73. The number of epoxide rings is 1. The molecule has 2 nitrogen and oxygen atoms in total. The molecule has 2 aliphatic rings. The largest absolute Gasteiger partial charge is 0.356 e. The summed E-state index contributed by atoms with van der Waals surface area (Å²) in [5.41, 5.74) is 1.09. The second kappa shape index (κ2) is 4.88. The minimum atomic E-state index is -0.258. The van der Waals surface area contributed by atoms with Gasteiger partial charge in [0.25, 0.3) is 0 Å². The van der Waals surface area contributed by atoms with E-state index in [9.17, 15) is 4.79 Å². The van der Waals surface area contributed by atoms with Gasteiger partial charge in [-0.1, -0.05) is 30.3 Å². The zero-order valence-corrected chi connectivity index (χ0v) is 10.8. The average Bonchev–Trinajstić information content (AvgIpc) is 3.02. The molecule has 2 aliphatic heterocycles. The molecule has 2 saturated heterocycles. The quantitative estimate of drug-likeness (QED) is 0.620. The Bertz CT molecular complexity index is 448. The molecule has 2 heterocycles. The van der Waals surface area contributed by atoms with Gasteiger partial charge in [-0.2, -0.15) is 0 Å². The number of carbonyl (C=O) groups excluding carboxylic acids is 1. The number of rotatable bonds is 3. The van der Waals surface area contributed by atoms with Crippen molar-refractivity contribution in [3.05, 3.63) is 46.2 Å². The van der Waals surface area contributed by atoms with Crippen molar-refractivity contribution in [3.63, 3.8) is 0 Å². The van der Waals surface area contributed by atoms with Crippen LogP contribution in [0.25, 0.3) is 0 Å². The molecule has 0 saturated carbocycles. The molecule has 0 radical (unpaired) electrons. The highest BCUT2D eigenvalue weighted by Crippen LogP contribution is 2.41. The monoisotopic (exact) mass is 264 g/mol. The van der Waals surface area contributed by atoms with Crippen molar-refractivity contribution in [1.29, 1.82) is 0 Å². The summed E-state index contributed by atoms with van der Waals surface area (Å²) in [6, 6.07) is 9.92. The Morgan fingerprint density at radius 3 is 2.65 bits per heavy atom. The smallest absolute Gasteiger partial charge is 0.189 e. The van der Waals surface area contributed by atoms with Crippen molar-refractivity contribution in [2.45, 2.75) is 12.2 Å². The molecule has 4 heteroatoms. The Morgan fingerprint density at radius 1 is 1.24 bits per heavy atom. The molecule has 88 valence electrons. The summed E-state index contributed by atoms with van der Waals surface area (Å²) in [4.78, 5) is 11.9. The van der Waals surface area contributed by atoms with Gasteiger partial charge in [0.05, 0.1) is 0 Å². The molecule has 2 atom stereocenters. The van der Waals surface area contributed by atoms with Crippen LogP contribution in [0, 0.1) is 0 Å². The topological polar surface area (TPSA) is 29.6 Å². The van der Waals surface area contributed by atoms with Crippen molar-refractivity contribution in [2.24, 2.45) is 0 Å². The van der Waals surface area contributed by atoms with E-state index in [0.29, 0.717) is 0 Å². The maximum absolute atomic E-state index is 11.9. The van der Waals surface area contributed by atoms with Gasteiger partial charge in [-0.25, -0.2) is 0 Å². The fourth-order valence-corrected chi connectivity index (χ4v) is 4.13. The fourth-order valence-electron chi connectivity index (χ4n) is 1.83. The lowest BCUT2D eigenvalue weighted by Gasteiger charge is -1.94. The van der Waals surface area contributed by atoms with Crippen LogP contribution in [0.15, 0.2) is 40.6 Å². The molecular formula is C13H12O2S2. The number of hydrogen-bond acceptors (Lipinski definition) is 4. The van der Waals surface area contributed by atoms with Gasteiger partial charge in [-0.15, -0.1) is 23.5 Å². The standard InChI is InChI=1S/C13H12O2S2/c14-10(8-11-16-6-7-17-11)13-12(15-13)9-4-2-1-3-5-9/h1-5,8,12-13H,6-7H2/t12-,13-/m0/s1. The summed E-state index contributed by atoms with van der Waals surface area (Å²) >= 11 is 3.52. The Morgan fingerprint density at radius 2 is 1.94 bits per heavy atom. The van der Waals surface area contributed by atoms with Crippen molar-refractivity contribution in [2.75, 3.05) is 11.5 Å². The normalized spacial score (nSPS) is 26.9. The SMILES string of the molecule is O=C(C=C1SCCS1)[C@@H]1O[C@H]1c1ccccc1. The number of ether oxygens (including phenoxy) is 1. The van der Waals surface area contributed by atoms with Crippen LogP contribution in [-0.2, 0) is 9.53 Å². The van der Waals surface area contributed by atoms with Crippen LogP contribution < -0.4 is 0 Å². The first kappa shape index (κ1) is 11.4. The van der Waals surface area contributed by atoms with Gasteiger partial charge in [0.1, 0.15) is 6.10 Å². The van der Waals surface area contributed by atoms with Gasteiger partial charge in [-0.05, 0) is 5.56 Å². The first-order valence-electron chi connectivity index (χ1n) is 5.56. The molecule has 0 unspecified atom stereocenters. The lowest BCUT2D eigenvalue weighted by molar-refractivity contribution is -0.115. The van der Waals surface area contributed by atoms with E-state index in [1.54, 1.807) is 29.6 Å². The van der Waals surface area contributed by atoms with Crippen molar-refractivity contribution < 1.29 is 9.53 Å². The van der Waals surface area contributed by atoms with Crippen LogP contribution in [0.5, 0.6) is 0 Å². The summed E-state index contributed by atoms with van der Waals surface area (Å²) in [5.74, 6) is 2.32. The molecule has 1 aromatic carbocycles. The van der Waals surface area contributed by atoms with Gasteiger partial charge in [0.15, 0.2) is 11.9 Å². The van der Waals surface area contributed by atoms with Crippen LogP contribution >= 0.6 is 23.5 Å². The second-order valence-electron chi connectivity index (χ2n) is 3.95. The third kappa shape index (κ3) is 2.59. The van der Waals surface area contributed by atoms with E-state index in [2.05, 4.69) is 0 Å². The van der Waals surface area contributed by atoms with Crippen molar-refractivity contribution in [1.82, 2.24) is 0 Å². The summed E-state index contributed by atoms with van der Waals surface area (Å²) in [6.45, 7) is 0. The number of ketones is 1. The molecule has 0 amide bonds. The van der Waals surface area contributed by atoms with Gasteiger partial charge < -0.3 is 4.74 Å². The van der Waals surface area contributed by atoms with E-state index in [0.717, 1.165) is 21.3 Å². The van der Waals surface area contributed by atoms with E-state index >= 15 is 0 Å². The fraction of sp³-hybridized carbons (Fsp3) is 0.308. The highest BCUT2D eigenvalue weighted by Gasteiger charge is 2.44. The maximum atomic E-state index is 11.9. The lowest BCUT2D eigenvalue weighted by atomic mass is 10.1. The first-order chi connectivity index (χ1) is 8.34. The van der Waals surface area contributed by atoms with E-state index in [1.807, 2.05) is 30.3 Å². The summed E-state index contributed by atoms with van der Waals surface area (Å²) in [5, 5.41) is 0. The molecule has 0 spiro atoms. The molecule has 0 aromatic heterocycles. The molecule has 0 aliphatic carbocycles. The second-order valence-corrected chi connectivity index (χ2v) is 6.48. The molecule has 1 aromatic rings. The van der Waals surface area contributed by atoms with Crippen LogP contribution in [0.2, 0.25) is 0 Å². The van der Waals surface area contributed by atoms with Crippen molar-refractivity contribution in [3.8, 4) is 0 Å². The van der Waals surface area contributed by atoms with E-state index in [1.165, 1.54) is 0 Å². The predicted octanol–water partition coefficient (Wildman–Crippen LogP) is 3.02. The number of benzene rings is 1. The minimum Gasteiger partial charge on any atom is -0.356 e. The van der Waals surface area contributed by atoms with E-state index < -0.39 is 0 Å². The third-order valence-corrected chi connectivity index (χ3v) is 5.32. The maximum Gasteiger partial charge on any atom is 0.189 e. The van der Waals surface area contributed by atoms with Crippen LogP contribution in [0.3, 0.4) is 0 Å². The number of carbonyl (C=O) groups is 1. The molecule has 2 fully saturated rings. The average molecular weight is 264 g/mol. The van der Waals surface area contributed by atoms with Crippen LogP contribution in [0.1, 0.15) is 11.7 Å².